The van der Waals surface area contributed by atoms with E-state index in [1.165, 1.54) is 57.9 Å². The molecule has 124 valence electrons. The number of hydrogen-bond acceptors (Lipinski definition) is 2. The van der Waals surface area contributed by atoms with E-state index in [2.05, 4.69) is 32.6 Å². The lowest BCUT2D eigenvalue weighted by molar-refractivity contribution is 0.0327. The van der Waals surface area contributed by atoms with Crippen molar-refractivity contribution in [3.05, 3.63) is 0 Å². The number of nitrogens with zero attached hydrogens (tertiary/aromatic N) is 1. The van der Waals surface area contributed by atoms with Gasteiger partial charge in [-0.05, 0) is 68.9 Å². The molecule has 0 aromatic rings. The minimum atomic E-state index is 0.493. The Morgan fingerprint density at radius 3 is 2.10 bits per heavy atom. The van der Waals surface area contributed by atoms with Crippen LogP contribution in [0, 0.1) is 17.3 Å². The van der Waals surface area contributed by atoms with E-state index in [4.69, 9.17) is 5.73 Å². The van der Waals surface area contributed by atoms with Gasteiger partial charge in [-0.15, -0.1) is 0 Å². The van der Waals surface area contributed by atoms with Crippen molar-refractivity contribution in [2.24, 2.45) is 23.0 Å². The Labute approximate surface area is 132 Å². The summed E-state index contributed by atoms with van der Waals surface area (Å²) in [7, 11) is 0. The first-order valence-corrected chi connectivity index (χ1v) is 9.43. The van der Waals surface area contributed by atoms with Crippen molar-refractivity contribution in [1.82, 2.24) is 4.90 Å². The molecule has 0 radical (unpaired) electrons. The minimum absolute atomic E-state index is 0.493. The topological polar surface area (TPSA) is 29.3 Å². The van der Waals surface area contributed by atoms with Crippen LogP contribution in [0.25, 0.3) is 0 Å². The van der Waals surface area contributed by atoms with Crippen molar-refractivity contribution in [3.63, 3.8) is 0 Å². The fraction of sp³-hybridized carbons (Fsp3) is 1.00. The summed E-state index contributed by atoms with van der Waals surface area (Å²) < 4.78 is 0. The molecule has 21 heavy (non-hydrogen) atoms. The zero-order chi connectivity index (χ0) is 15.5. The predicted octanol–water partition coefficient (Wildman–Crippen LogP) is 4.43. The van der Waals surface area contributed by atoms with Crippen LogP contribution in [0.1, 0.15) is 79.1 Å². The normalized spacial score (nSPS) is 35.1. The summed E-state index contributed by atoms with van der Waals surface area (Å²) in [4.78, 5) is 2.84. The quantitative estimate of drug-likeness (QED) is 0.831. The summed E-state index contributed by atoms with van der Waals surface area (Å²) in [5.41, 5.74) is 6.56. The van der Waals surface area contributed by atoms with Crippen molar-refractivity contribution >= 4 is 0 Å². The second-order valence-corrected chi connectivity index (χ2v) is 8.55. The second-order valence-electron chi connectivity index (χ2n) is 8.55. The van der Waals surface area contributed by atoms with Crippen LogP contribution in [0.3, 0.4) is 0 Å². The van der Waals surface area contributed by atoms with E-state index in [1.54, 1.807) is 0 Å². The molecule has 0 spiro atoms. The van der Waals surface area contributed by atoms with Crippen LogP contribution < -0.4 is 5.73 Å². The van der Waals surface area contributed by atoms with Gasteiger partial charge < -0.3 is 5.73 Å². The average molecular weight is 295 g/mol. The van der Waals surface area contributed by atoms with Crippen LogP contribution in [0.2, 0.25) is 0 Å². The van der Waals surface area contributed by atoms with Crippen LogP contribution in [-0.2, 0) is 0 Å². The molecular weight excluding hydrogens is 256 g/mol. The first-order valence-electron chi connectivity index (χ1n) is 9.43. The standard InChI is InChI=1S/C19H38N2/c1-5-21(18-9-7-6-8-15(18)14-20)17-12-10-16(11-13-17)19(2,3)4/h15-18H,5-14,20H2,1-4H3. The van der Waals surface area contributed by atoms with Gasteiger partial charge in [-0.3, -0.25) is 4.90 Å². The average Bonchev–Trinajstić information content (AvgIpc) is 2.48. The molecule has 0 bridgehead atoms. The number of rotatable bonds is 4. The maximum atomic E-state index is 6.07. The Balaban J connectivity index is 1.96. The van der Waals surface area contributed by atoms with Crippen molar-refractivity contribution in [2.75, 3.05) is 13.1 Å². The van der Waals surface area contributed by atoms with Crippen molar-refractivity contribution in [2.45, 2.75) is 91.1 Å². The van der Waals surface area contributed by atoms with Gasteiger partial charge in [0.2, 0.25) is 0 Å². The third-order valence-electron chi connectivity index (χ3n) is 6.35. The number of hydrogen-bond donors (Lipinski definition) is 1. The van der Waals surface area contributed by atoms with Gasteiger partial charge in [0, 0.05) is 12.1 Å². The molecule has 0 aromatic carbocycles. The largest absolute Gasteiger partial charge is 0.330 e. The molecule has 2 aliphatic rings. The highest BCUT2D eigenvalue weighted by Gasteiger charge is 2.36. The maximum Gasteiger partial charge on any atom is 0.0138 e. The highest BCUT2D eigenvalue weighted by Crippen LogP contribution is 2.40. The van der Waals surface area contributed by atoms with Gasteiger partial charge in [-0.25, -0.2) is 0 Å². The van der Waals surface area contributed by atoms with Crippen LogP contribution in [0.5, 0.6) is 0 Å². The van der Waals surface area contributed by atoms with Gasteiger partial charge >= 0.3 is 0 Å². The molecule has 0 aliphatic heterocycles. The lowest BCUT2D eigenvalue weighted by Gasteiger charge is -2.47. The molecule has 0 saturated heterocycles. The monoisotopic (exact) mass is 294 g/mol. The Bertz CT molecular complexity index is 299. The molecule has 2 saturated carbocycles. The molecule has 0 amide bonds. The second kappa shape index (κ2) is 7.46. The van der Waals surface area contributed by atoms with Gasteiger partial charge in [0.15, 0.2) is 0 Å². The summed E-state index contributed by atoms with van der Waals surface area (Å²) in [5.74, 6) is 1.67. The molecule has 2 unspecified atom stereocenters. The highest BCUT2D eigenvalue weighted by atomic mass is 15.2. The minimum Gasteiger partial charge on any atom is -0.330 e. The summed E-state index contributed by atoms with van der Waals surface area (Å²) in [6, 6.07) is 1.59. The van der Waals surface area contributed by atoms with Gasteiger partial charge in [-0.2, -0.15) is 0 Å². The fourth-order valence-corrected chi connectivity index (χ4v) is 4.94. The van der Waals surface area contributed by atoms with E-state index >= 15 is 0 Å². The summed E-state index contributed by atoms with van der Waals surface area (Å²) in [6.45, 7) is 11.7. The first-order chi connectivity index (χ1) is 9.97. The lowest BCUT2D eigenvalue weighted by atomic mass is 9.70. The van der Waals surface area contributed by atoms with Gasteiger partial charge in [0.05, 0.1) is 0 Å². The Morgan fingerprint density at radius 2 is 1.57 bits per heavy atom. The summed E-state index contributed by atoms with van der Waals surface area (Å²) in [5, 5.41) is 0. The molecule has 2 fully saturated rings. The first kappa shape index (κ1) is 17.3. The van der Waals surface area contributed by atoms with E-state index < -0.39 is 0 Å². The van der Waals surface area contributed by atoms with Crippen molar-refractivity contribution in [3.8, 4) is 0 Å². The maximum absolute atomic E-state index is 6.07. The van der Waals surface area contributed by atoms with Crippen LogP contribution in [-0.4, -0.2) is 30.1 Å². The number of nitrogens with two attached hydrogens (primary N) is 1. The van der Waals surface area contributed by atoms with E-state index in [0.29, 0.717) is 5.41 Å². The van der Waals surface area contributed by atoms with Gasteiger partial charge in [0.1, 0.15) is 0 Å². The van der Waals surface area contributed by atoms with Crippen molar-refractivity contribution < 1.29 is 0 Å². The molecule has 2 aliphatic carbocycles. The summed E-state index contributed by atoms with van der Waals surface area (Å²) in [6.07, 6.45) is 11.2. The van der Waals surface area contributed by atoms with Crippen LogP contribution in [0.15, 0.2) is 0 Å². The van der Waals surface area contributed by atoms with E-state index in [1.807, 2.05) is 0 Å². The highest BCUT2D eigenvalue weighted by molar-refractivity contribution is 4.90. The Morgan fingerprint density at radius 1 is 0.952 bits per heavy atom. The van der Waals surface area contributed by atoms with E-state index in [-0.39, 0.29) is 0 Å². The molecule has 2 atom stereocenters. The van der Waals surface area contributed by atoms with E-state index in [0.717, 1.165) is 30.5 Å². The van der Waals surface area contributed by atoms with Gasteiger partial charge in [0.25, 0.3) is 0 Å². The molecular formula is C19H38N2. The molecule has 0 aromatic heterocycles. The molecule has 0 heterocycles. The molecule has 2 heteroatoms. The SMILES string of the molecule is CCN(C1CCC(C(C)(C)C)CC1)C1CCCCC1CN. The lowest BCUT2D eigenvalue weighted by Crippen LogP contribution is -2.51. The zero-order valence-corrected chi connectivity index (χ0v) is 14.9. The van der Waals surface area contributed by atoms with Crippen molar-refractivity contribution in [1.29, 1.82) is 0 Å². The summed E-state index contributed by atoms with van der Waals surface area (Å²) >= 11 is 0. The smallest absolute Gasteiger partial charge is 0.0138 e. The third-order valence-corrected chi connectivity index (χ3v) is 6.35. The van der Waals surface area contributed by atoms with Gasteiger partial charge in [-0.1, -0.05) is 40.5 Å². The fourth-order valence-electron chi connectivity index (χ4n) is 4.94. The molecule has 2 N–H and O–H groups in total. The third kappa shape index (κ3) is 4.22. The van der Waals surface area contributed by atoms with E-state index in [9.17, 15) is 0 Å². The Kier molecular flexibility index (Phi) is 6.14. The molecule has 2 rings (SSSR count). The predicted molar refractivity (Wildman–Crippen MR) is 92.4 cm³/mol. The zero-order valence-electron chi connectivity index (χ0n) is 14.9. The van der Waals surface area contributed by atoms with Crippen LogP contribution in [0.4, 0.5) is 0 Å². The molecule has 2 nitrogen and oxygen atoms in total. The van der Waals surface area contributed by atoms with Crippen LogP contribution >= 0.6 is 0 Å². The Hall–Kier alpha value is -0.0800.